The second-order valence-electron chi connectivity index (χ2n) is 5.95. The van der Waals surface area contributed by atoms with E-state index in [0.29, 0.717) is 13.0 Å². The summed E-state index contributed by atoms with van der Waals surface area (Å²) in [5.74, 6) is -0.130. The first-order chi connectivity index (χ1) is 12.2. The number of hydrogen-bond donors (Lipinski definition) is 2. The minimum atomic E-state index is -0.580. The lowest BCUT2D eigenvalue weighted by molar-refractivity contribution is -0.122. The molecule has 0 aliphatic heterocycles. The van der Waals surface area contributed by atoms with E-state index in [1.807, 2.05) is 40.4 Å². The van der Waals surface area contributed by atoms with E-state index in [2.05, 4.69) is 28.5 Å². The number of hydrogen-bond acceptors (Lipinski definition) is 4. The summed E-state index contributed by atoms with van der Waals surface area (Å²) in [5.41, 5.74) is 8.05. The average molecular weight is 427 g/mol. The molecule has 0 spiro atoms. The fourth-order valence-electron chi connectivity index (χ4n) is 2.61. The van der Waals surface area contributed by atoms with Crippen LogP contribution in [-0.2, 0) is 24.2 Å². The Hall–Kier alpha value is -1.86. The zero-order valence-electron chi connectivity index (χ0n) is 14.8. The number of benzene rings is 1. The number of aromatic nitrogens is 2. The van der Waals surface area contributed by atoms with Crippen molar-refractivity contribution in [1.82, 2.24) is 14.9 Å². The predicted octanol–water partition coefficient (Wildman–Crippen LogP) is 3.07. The molecule has 1 atom stereocenters. The molecule has 3 rings (SSSR count). The van der Waals surface area contributed by atoms with E-state index in [-0.39, 0.29) is 30.7 Å². The Labute approximate surface area is 175 Å². The summed E-state index contributed by atoms with van der Waals surface area (Å²) in [6.45, 7) is 1.37. The minimum Gasteiger partial charge on any atom is -0.354 e. The lowest BCUT2D eigenvalue weighted by Gasteiger charge is -2.10. The molecule has 0 unspecified atom stereocenters. The first-order valence-corrected chi connectivity index (χ1v) is 9.19. The normalized spacial score (nSPS) is 11.1. The molecule has 1 aromatic carbocycles. The summed E-state index contributed by atoms with van der Waals surface area (Å²) in [5, 5.41) is 4.93. The third kappa shape index (κ3) is 7.34. The highest BCUT2D eigenvalue weighted by molar-refractivity contribution is 7.09. The Morgan fingerprint density at radius 1 is 1.19 bits per heavy atom. The minimum absolute atomic E-state index is 0. The molecule has 146 valence electrons. The Balaban J connectivity index is 0.00000182. The number of halogens is 2. The highest BCUT2D eigenvalue weighted by Crippen LogP contribution is 2.08. The van der Waals surface area contributed by atoms with Crippen molar-refractivity contribution >= 4 is 42.1 Å². The first kappa shape index (κ1) is 23.2. The molecule has 27 heavy (non-hydrogen) atoms. The molecule has 8 heteroatoms. The predicted molar refractivity (Wildman–Crippen MR) is 115 cm³/mol. The molecular weight excluding hydrogens is 403 g/mol. The van der Waals surface area contributed by atoms with Gasteiger partial charge in [0.1, 0.15) is 0 Å². The maximum Gasteiger partial charge on any atom is 0.237 e. The second-order valence-corrected chi connectivity index (χ2v) is 6.99. The van der Waals surface area contributed by atoms with E-state index >= 15 is 0 Å². The van der Waals surface area contributed by atoms with Crippen molar-refractivity contribution in [2.24, 2.45) is 5.73 Å². The Morgan fingerprint density at radius 3 is 2.67 bits per heavy atom. The van der Waals surface area contributed by atoms with Gasteiger partial charge in [-0.15, -0.1) is 36.2 Å². The van der Waals surface area contributed by atoms with Crippen LogP contribution in [0.2, 0.25) is 0 Å². The fraction of sp³-hybridized carbons (Fsp3) is 0.263. The number of nitrogens with one attached hydrogen (secondary N) is 1. The number of carbonyl (C=O) groups excluding carboxylic acids is 1. The number of nitrogens with two attached hydrogens (primary N) is 1. The fourth-order valence-corrected chi connectivity index (χ4v) is 3.31. The van der Waals surface area contributed by atoms with Crippen LogP contribution in [0.15, 0.2) is 60.4 Å². The molecule has 2 aromatic heterocycles. The Bertz CT molecular complexity index is 793. The quantitative estimate of drug-likeness (QED) is 0.581. The van der Waals surface area contributed by atoms with Gasteiger partial charge in [-0.3, -0.25) is 4.79 Å². The van der Waals surface area contributed by atoms with E-state index in [1.54, 1.807) is 17.7 Å². The largest absolute Gasteiger partial charge is 0.354 e. The molecule has 2 heterocycles. The van der Waals surface area contributed by atoms with Gasteiger partial charge in [-0.05, 0) is 23.4 Å². The van der Waals surface area contributed by atoms with Crippen LogP contribution < -0.4 is 11.1 Å². The van der Waals surface area contributed by atoms with Gasteiger partial charge in [0.2, 0.25) is 5.91 Å². The van der Waals surface area contributed by atoms with E-state index in [0.717, 1.165) is 18.7 Å². The van der Waals surface area contributed by atoms with Gasteiger partial charge in [0.25, 0.3) is 0 Å². The summed E-state index contributed by atoms with van der Waals surface area (Å²) in [4.78, 5) is 17.7. The number of nitrogens with zero attached hydrogens (tertiary/aromatic N) is 2. The van der Waals surface area contributed by atoms with Crippen LogP contribution in [0.3, 0.4) is 0 Å². The summed E-state index contributed by atoms with van der Waals surface area (Å²) in [7, 11) is 0. The molecule has 0 aliphatic rings. The van der Waals surface area contributed by atoms with Gasteiger partial charge in [0.05, 0.1) is 18.1 Å². The molecule has 3 aromatic rings. The summed E-state index contributed by atoms with van der Waals surface area (Å²) < 4.78 is 2.01. The van der Waals surface area contributed by atoms with E-state index in [1.165, 1.54) is 10.4 Å². The molecule has 5 nitrogen and oxygen atoms in total. The van der Waals surface area contributed by atoms with Crippen LogP contribution in [0, 0.1) is 0 Å². The molecule has 0 radical (unpaired) electrons. The van der Waals surface area contributed by atoms with Gasteiger partial charge in [0.15, 0.2) is 0 Å². The van der Waals surface area contributed by atoms with Crippen LogP contribution >= 0.6 is 36.2 Å². The number of amides is 1. The molecule has 0 aliphatic carbocycles. The lowest BCUT2D eigenvalue weighted by atomic mass is 10.1. The molecule has 0 bridgehead atoms. The van der Waals surface area contributed by atoms with E-state index < -0.39 is 6.04 Å². The molecule has 0 saturated carbocycles. The van der Waals surface area contributed by atoms with Crippen molar-refractivity contribution in [3.8, 4) is 0 Å². The molecule has 0 saturated heterocycles. The van der Waals surface area contributed by atoms with Crippen LogP contribution in [-0.4, -0.2) is 28.0 Å². The van der Waals surface area contributed by atoms with Gasteiger partial charge in [-0.25, -0.2) is 4.98 Å². The van der Waals surface area contributed by atoms with E-state index in [9.17, 15) is 4.79 Å². The maximum absolute atomic E-state index is 12.1. The van der Waals surface area contributed by atoms with Crippen LogP contribution in [0.5, 0.6) is 0 Å². The molecule has 0 fully saturated rings. The monoisotopic (exact) mass is 426 g/mol. The van der Waals surface area contributed by atoms with Crippen molar-refractivity contribution in [3.63, 3.8) is 0 Å². The van der Waals surface area contributed by atoms with Crippen LogP contribution in [0.1, 0.15) is 16.1 Å². The Kier molecular flexibility index (Phi) is 10.1. The summed E-state index contributed by atoms with van der Waals surface area (Å²) in [6.07, 6.45) is 5.00. The smallest absolute Gasteiger partial charge is 0.237 e. The highest BCUT2D eigenvalue weighted by atomic mass is 35.5. The summed E-state index contributed by atoms with van der Waals surface area (Å²) >= 11 is 1.69. The highest BCUT2D eigenvalue weighted by Gasteiger charge is 2.15. The number of carbonyl (C=O) groups is 1. The number of rotatable bonds is 8. The van der Waals surface area contributed by atoms with Gasteiger partial charge >= 0.3 is 0 Å². The zero-order valence-corrected chi connectivity index (χ0v) is 17.2. The third-order valence-corrected chi connectivity index (χ3v) is 4.85. The van der Waals surface area contributed by atoms with Crippen molar-refractivity contribution in [1.29, 1.82) is 0 Å². The number of imidazole rings is 1. The van der Waals surface area contributed by atoms with Crippen molar-refractivity contribution in [3.05, 3.63) is 76.5 Å². The molecule has 3 N–H and O–H groups in total. The third-order valence-electron chi connectivity index (χ3n) is 3.91. The van der Waals surface area contributed by atoms with Crippen LogP contribution in [0.4, 0.5) is 0 Å². The standard InChI is InChI=1S/C19H22N4OS.2ClH/c20-18(19(24)21-9-8-17-7-4-10-25-17)11-16-13-23(14-22-16)12-15-5-2-1-3-6-15;;/h1-7,10,13-14,18H,8-9,11-12,20H2,(H,21,24);2*1H/t18-;;/m0../s1. The van der Waals surface area contributed by atoms with E-state index in [4.69, 9.17) is 5.73 Å². The average Bonchev–Trinajstić information content (AvgIpc) is 3.28. The van der Waals surface area contributed by atoms with Crippen LogP contribution in [0.25, 0.3) is 0 Å². The van der Waals surface area contributed by atoms with Gasteiger partial charge in [0, 0.05) is 30.6 Å². The molecular formula is C19H24Cl2N4OS. The van der Waals surface area contributed by atoms with Gasteiger partial charge in [-0.2, -0.15) is 0 Å². The molecule has 1 amide bonds. The Morgan fingerprint density at radius 2 is 1.96 bits per heavy atom. The summed E-state index contributed by atoms with van der Waals surface area (Å²) in [6, 6.07) is 13.7. The van der Waals surface area contributed by atoms with Crippen molar-refractivity contribution in [2.45, 2.75) is 25.4 Å². The zero-order chi connectivity index (χ0) is 17.5. The number of thiophene rings is 1. The van der Waals surface area contributed by atoms with Gasteiger partial charge < -0.3 is 15.6 Å². The van der Waals surface area contributed by atoms with Crippen molar-refractivity contribution < 1.29 is 4.79 Å². The topological polar surface area (TPSA) is 72.9 Å². The second kappa shape index (κ2) is 11.8. The maximum atomic E-state index is 12.1. The first-order valence-electron chi connectivity index (χ1n) is 8.31. The lowest BCUT2D eigenvalue weighted by Crippen LogP contribution is -2.42. The van der Waals surface area contributed by atoms with Crippen molar-refractivity contribution in [2.75, 3.05) is 6.54 Å². The van der Waals surface area contributed by atoms with Gasteiger partial charge in [-0.1, -0.05) is 36.4 Å². The SMILES string of the molecule is Cl.Cl.N[C@@H](Cc1cn(Cc2ccccc2)cn1)C(=O)NCCc1cccs1.